The minimum Gasteiger partial charge on any atom is -0.387 e. The van der Waals surface area contributed by atoms with Gasteiger partial charge in [0.1, 0.15) is 6.61 Å². The van der Waals surface area contributed by atoms with Crippen molar-refractivity contribution in [1.29, 1.82) is 0 Å². The average Bonchev–Trinajstić information content (AvgIpc) is 3.43. The summed E-state index contributed by atoms with van der Waals surface area (Å²) in [5.74, 6) is 0.679. The maximum absolute atomic E-state index is 12.9. The first kappa shape index (κ1) is 15.6. The molecule has 2 fully saturated rings. The van der Waals surface area contributed by atoms with Crippen LogP contribution in [0.5, 0.6) is 0 Å². The number of para-hydroxylation sites is 1. The van der Waals surface area contributed by atoms with Crippen LogP contribution in [0, 0.1) is 5.92 Å². The van der Waals surface area contributed by atoms with Gasteiger partial charge in [0, 0.05) is 37.2 Å². The zero-order valence-corrected chi connectivity index (χ0v) is 13.9. The second-order valence-corrected chi connectivity index (χ2v) is 7.46. The van der Waals surface area contributed by atoms with Gasteiger partial charge in [-0.1, -0.05) is 18.2 Å². The number of anilines is 1. The van der Waals surface area contributed by atoms with E-state index < -0.39 is 6.61 Å². The van der Waals surface area contributed by atoms with Crippen molar-refractivity contribution in [2.75, 3.05) is 31.1 Å². The van der Waals surface area contributed by atoms with E-state index in [0.29, 0.717) is 25.4 Å². The summed E-state index contributed by atoms with van der Waals surface area (Å²) in [6.07, 6.45) is 4.58. The van der Waals surface area contributed by atoms with E-state index in [2.05, 4.69) is 18.2 Å². The van der Waals surface area contributed by atoms with Gasteiger partial charge in [0.25, 0.3) is 0 Å². The molecule has 0 bridgehead atoms. The van der Waals surface area contributed by atoms with Crippen molar-refractivity contribution in [2.24, 2.45) is 5.92 Å². The van der Waals surface area contributed by atoms with Crippen molar-refractivity contribution in [3.63, 3.8) is 0 Å². The lowest BCUT2D eigenvalue weighted by molar-refractivity contribution is -0.136. The first-order valence-corrected chi connectivity index (χ1v) is 8.91. The largest absolute Gasteiger partial charge is 0.387 e. The van der Waals surface area contributed by atoms with Gasteiger partial charge < -0.3 is 14.9 Å². The van der Waals surface area contributed by atoms with Crippen LogP contribution in [0.4, 0.5) is 5.69 Å². The van der Waals surface area contributed by atoms with Crippen LogP contribution in [0.1, 0.15) is 37.7 Å². The summed E-state index contributed by atoms with van der Waals surface area (Å²) in [4.78, 5) is 28.3. The Kier molecular flexibility index (Phi) is 3.83. The smallest absolute Gasteiger partial charge is 0.248 e. The zero-order valence-electron chi connectivity index (χ0n) is 13.9. The molecular formula is C19H24N2O3. The van der Waals surface area contributed by atoms with Crippen LogP contribution in [0.15, 0.2) is 24.3 Å². The lowest BCUT2D eigenvalue weighted by Gasteiger charge is -2.47. The van der Waals surface area contributed by atoms with E-state index in [9.17, 15) is 9.59 Å². The molecule has 2 amide bonds. The number of rotatable bonds is 3. The van der Waals surface area contributed by atoms with E-state index >= 15 is 0 Å². The molecule has 1 spiro atoms. The van der Waals surface area contributed by atoms with Crippen molar-refractivity contribution in [3.8, 4) is 0 Å². The van der Waals surface area contributed by atoms with Gasteiger partial charge in [-0.05, 0) is 43.2 Å². The van der Waals surface area contributed by atoms with Gasteiger partial charge in [-0.25, -0.2) is 0 Å². The predicted molar refractivity (Wildman–Crippen MR) is 90.7 cm³/mol. The van der Waals surface area contributed by atoms with Crippen LogP contribution >= 0.6 is 0 Å². The molecule has 0 unspecified atom stereocenters. The van der Waals surface area contributed by atoms with Crippen molar-refractivity contribution in [2.45, 2.75) is 37.5 Å². The van der Waals surface area contributed by atoms with Crippen LogP contribution < -0.4 is 4.90 Å². The lowest BCUT2D eigenvalue weighted by Crippen LogP contribution is -2.51. The van der Waals surface area contributed by atoms with Gasteiger partial charge in [-0.15, -0.1) is 0 Å². The molecule has 0 aromatic heterocycles. The Balaban J connectivity index is 1.62. The van der Waals surface area contributed by atoms with E-state index in [1.54, 1.807) is 4.90 Å². The third kappa shape index (κ3) is 2.61. The van der Waals surface area contributed by atoms with E-state index in [0.717, 1.165) is 25.1 Å². The first-order valence-electron chi connectivity index (χ1n) is 8.91. The number of hydrogen-bond donors (Lipinski definition) is 1. The molecule has 2 heterocycles. The topological polar surface area (TPSA) is 60.9 Å². The van der Waals surface area contributed by atoms with Gasteiger partial charge in [0.15, 0.2) is 0 Å². The fourth-order valence-electron chi connectivity index (χ4n) is 4.26. The monoisotopic (exact) mass is 328 g/mol. The zero-order chi connectivity index (χ0) is 16.7. The van der Waals surface area contributed by atoms with E-state index in [1.807, 2.05) is 11.0 Å². The Hall–Kier alpha value is -1.88. The number of carbonyl (C=O) groups excluding carboxylic acids is 2. The third-order valence-corrected chi connectivity index (χ3v) is 5.90. The van der Waals surface area contributed by atoms with Gasteiger partial charge in [0.05, 0.1) is 0 Å². The lowest BCUT2D eigenvalue weighted by atomic mass is 9.67. The number of amides is 2. The number of aliphatic hydroxyl groups is 1. The molecule has 0 radical (unpaired) electrons. The molecule has 2 aliphatic heterocycles. The summed E-state index contributed by atoms with van der Waals surface area (Å²) >= 11 is 0. The Morgan fingerprint density at radius 2 is 1.92 bits per heavy atom. The van der Waals surface area contributed by atoms with Crippen molar-refractivity contribution < 1.29 is 14.7 Å². The molecule has 1 saturated carbocycles. The fraction of sp³-hybridized carbons (Fsp3) is 0.579. The van der Waals surface area contributed by atoms with Gasteiger partial charge in [0.2, 0.25) is 11.8 Å². The van der Waals surface area contributed by atoms with Crippen LogP contribution in [0.3, 0.4) is 0 Å². The highest BCUT2D eigenvalue weighted by Crippen LogP contribution is 2.47. The molecule has 4 rings (SSSR count). The number of carbonyl (C=O) groups is 2. The number of nitrogens with zero attached hydrogens (tertiary/aromatic N) is 2. The number of likely N-dealkylation sites (tertiary alicyclic amines) is 1. The number of benzene rings is 1. The molecule has 1 N–H and O–H groups in total. The molecular weight excluding hydrogens is 304 g/mol. The molecule has 1 aliphatic carbocycles. The van der Waals surface area contributed by atoms with Crippen molar-refractivity contribution >= 4 is 17.5 Å². The molecule has 1 aromatic rings. The summed E-state index contributed by atoms with van der Waals surface area (Å²) in [7, 11) is 0. The minimum atomic E-state index is -0.433. The molecule has 128 valence electrons. The van der Waals surface area contributed by atoms with Crippen LogP contribution in [0.2, 0.25) is 0 Å². The molecule has 1 aromatic carbocycles. The quantitative estimate of drug-likeness (QED) is 0.918. The summed E-state index contributed by atoms with van der Waals surface area (Å²) in [5.41, 5.74) is 2.18. The molecule has 3 aliphatic rings. The Bertz CT molecular complexity index is 660. The van der Waals surface area contributed by atoms with Crippen molar-refractivity contribution in [3.05, 3.63) is 29.8 Å². The molecule has 24 heavy (non-hydrogen) atoms. The Labute approximate surface area is 142 Å². The Morgan fingerprint density at radius 1 is 1.21 bits per heavy atom. The van der Waals surface area contributed by atoms with Crippen LogP contribution in [0.25, 0.3) is 0 Å². The highest BCUT2D eigenvalue weighted by molar-refractivity contribution is 5.98. The summed E-state index contributed by atoms with van der Waals surface area (Å²) in [6, 6.07) is 8.29. The van der Waals surface area contributed by atoms with Crippen molar-refractivity contribution in [1.82, 2.24) is 4.90 Å². The maximum atomic E-state index is 12.9. The summed E-state index contributed by atoms with van der Waals surface area (Å²) in [5, 5.41) is 9.06. The molecule has 1 saturated heterocycles. The number of fused-ring (bicyclic) bond motifs is 2. The van der Waals surface area contributed by atoms with Gasteiger partial charge in [-0.3, -0.25) is 9.59 Å². The summed E-state index contributed by atoms with van der Waals surface area (Å²) in [6.45, 7) is 1.64. The second-order valence-electron chi connectivity index (χ2n) is 7.46. The SMILES string of the molecule is O=C(CO)N1CCC2(CC1)CC(=O)N(CC1CC1)c1ccccc12. The average molecular weight is 328 g/mol. The molecule has 5 heteroatoms. The molecule has 0 atom stereocenters. The van der Waals surface area contributed by atoms with Crippen LogP contribution in [-0.4, -0.2) is 48.1 Å². The van der Waals surface area contributed by atoms with Gasteiger partial charge in [-0.2, -0.15) is 0 Å². The second kappa shape index (κ2) is 5.88. The highest BCUT2D eigenvalue weighted by atomic mass is 16.3. The maximum Gasteiger partial charge on any atom is 0.248 e. The van der Waals surface area contributed by atoms with Crippen LogP contribution in [-0.2, 0) is 15.0 Å². The Morgan fingerprint density at radius 3 is 2.58 bits per heavy atom. The third-order valence-electron chi connectivity index (χ3n) is 5.90. The normalized spacial score (nSPS) is 22.6. The minimum absolute atomic E-state index is 0.153. The number of aliphatic hydroxyl groups excluding tert-OH is 1. The first-order chi connectivity index (χ1) is 11.6. The highest BCUT2D eigenvalue weighted by Gasteiger charge is 2.46. The standard InChI is InChI=1S/C19H24N2O3/c22-13-18(24)20-9-7-19(8-10-20)11-17(23)21(12-14-5-6-14)16-4-2-1-3-15(16)19/h1-4,14,22H,5-13H2. The number of piperidine rings is 1. The predicted octanol–water partition coefficient (Wildman–Crippen LogP) is 1.69. The van der Waals surface area contributed by atoms with E-state index in [-0.39, 0.29) is 17.2 Å². The number of hydrogen-bond acceptors (Lipinski definition) is 3. The van der Waals surface area contributed by atoms with E-state index in [4.69, 9.17) is 5.11 Å². The van der Waals surface area contributed by atoms with E-state index in [1.165, 1.54) is 18.4 Å². The van der Waals surface area contributed by atoms with Gasteiger partial charge >= 0.3 is 0 Å². The fourth-order valence-corrected chi connectivity index (χ4v) is 4.26. The summed E-state index contributed by atoms with van der Waals surface area (Å²) < 4.78 is 0. The molecule has 5 nitrogen and oxygen atoms in total.